The quantitative estimate of drug-likeness (QED) is 0.474. The molecule has 1 fully saturated rings. The van der Waals surface area contributed by atoms with Gasteiger partial charge in [0.15, 0.2) is 0 Å². The van der Waals surface area contributed by atoms with Gasteiger partial charge in [0, 0.05) is 14.9 Å². The van der Waals surface area contributed by atoms with Crippen molar-refractivity contribution in [3.8, 4) is 5.75 Å². The average molecular weight is 418 g/mol. The molecule has 0 spiro atoms. The van der Waals surface area contributed by atoms with Crippen molar-refractivity contribution in [1.29, 1.82) is 0 Å². The van der Waals surface area contributed by atoms with Crippen LogP contribution in [0.25, 0.3) is 0 Å². The van der Waals surface area contributed by atoms with Crippen molar-refractivity contribution < 1.29 is 4.74 Å². The molecule has 2 rings (SSSR count). The zero-order valence-electron chi connectivity index (χ0n) is 13.3. The maximum atomic E-state index is 5.67. The van der Waals surface area contributed by atoms with E-state index in [2.05, 4.69) is 51.8 Å². The maximum Gasteiger partial charge on any atom is 0.126 e. The maximum absolute atomic E-state index is 5.67. The van der Waals surface area contributed by atoms with Gasteiger partial charge in [-0.2, -0.15) is 0 Å². The number of ether oxygens (including phenoxy) is 1. The van der Waals surface area contributed by atoms with Gasteiger partial charge in [0.1, 0.15) is 5.75 Å². The van der Waals surface area contributed by atoms with Crippen molar-refractivity contribution in [2.75, 3.05) is 7.11 Å². The van der Waals surface area contributed by atoms with E-state index in [9.17, 15) is 0 Å². The lowest BCUT2D eigenvalue weighted by atomic mass is 9.85. The van der Waals surface area contributed by atoms with Crippen LogP contribution in [-0.4, -0.2) is 7.11 Å². The third-order valence-corrected chi connectivity index (χ3v) is 6.52. The highest BCUT2D eigenvalue weighted by Gasteiger charge is 2.22. The Morgan fingerprint density at radius 1 is 1.24 bits per heavy atom. The van der Waals surface area contributed by atoms with Gasteiger partial charge in [-0.05, 0) is 49.8 Å². The van der Waals surface area contributed by atoms with Gasteiger partial charge in [-0.3, -0.25) is 0 Å². The molecule has 1 nitrogen and oxygen atoms in total. The monoisotopic (exact) mass is 416 g/mol. The molecule has 0 aliphatic heterocycles. The van der Waals surface area contributed by atoms with Crippen LogP contribution in [0.15, 0.2) is 10.5 Å². The zero-order chi connectivity index (χ0) is 15.4. The lowest BCUT2D eigenvalue weighted by molar-refractivity contribution is 0.331. The Labute approximate surface area is 146 Å². The normalized spacial score (nSPS) is 17.8. The second-order valence-corrected chi connectivity index (χ2v) is 8.26. The van der Waals surface area contributed by atoms with Crippen LogP contribution in [-0.2, 0) is 0 Å². The van der Waals surface area contributed by atoms with Crippen LogP contribution in [0.3, 0.4) is 0 Å². The van der Waals surface area contributed by atoms with E-state index in [-0.39, 0.29) is 0 Å². The van der Waals surface area contributed by atoms with Gasteiger partial charge in [0.05, 0.1) is 7.11 Å². The smallest absolute Gasteiger partial charge is 0.126 e. The van der Waals surface area contributed by atoms with Gasteiger partial charge < -0.3 is 4.74 Å². The molecule has 1 aliphatic carbocycles. The Kier molecular flexibility index (Phi) is 6.61. The van der Waals surface area contributed by atoms with Gasteiger partial charge in [0.25, 0.3) is 0 Å². The molecule has 0 aromatic heterocycles. The molecule has 3 heteroatoms. The average Bonchev–Trinajstić information content (AvgIpc) is 2.49. The van der Waals surface area contributed by atoms with Crippen LogP contribution in [0, 0.1) is 19.8 Å². The summed E-state index contributed by atoms with van der Waals surface area (Å²) < 4.78 is 6.85. The minimum Gasteiger partial charge on any atom is -0.496 e. The van der Waals surface area contributed by atoms with Gasteiger partial charge in [-0.1, -0.05) is 64.0 Å². The van der Waals surface area contributed by atoms with Crippen LogP contribution in [0.2, 0.25) is 0 Å². The predicted octanol–water partition coefficient (Wildman–Crippen LogP) is 6.87. The number of methoxy groups -OCH3 is 1. The summed E-state index contributed by atoms with van der Waals surface area (Å²) in [6.45, 7) is 4.30. The highest BCUT2D eigenvalue weighted by atomic mass is 79.9. The van der Waals surface area contributed by atoms with Crippen molar-refractivity contribution in [2.45, 2.75) is 63.6 Å². The van der Waals surface area contributed by atoms with Gasteiger partial charge >= 0.3 is 0 Å². The van der Waals surface area contributed by atoms with E-state index in [0.29, 0.717) is 4.83 Å². The second-order valence-electron chi connectivity index (χ2n) is 6.30. The summed E-state index contributed by atoms with van der Waals surface area (Å²) in [4.78, 5) is 0.380. The first-order valence-corrected chi connectivity index (χ1v) is 9.73. The molecular weight excluding hydrogens is 392 g/mol. The zero-order valence-corrected chi connectivity index (χ0v) is 16.5. The number of aryl methyl sites for hydroxylation is 1. The lowest BCUT2D eigenvalue weighted by Gasteiger charge is -2.24. The first-order chi connectivity index (χ1) is 10.0. The Morgan fingerprint density at radius 2 is 1.90 bits per heavy atom. The van der Waals surface area contributed by atoms with Crippen molar-refractivity contribution in [3.05, 3.63) is 27.2 Å². The van der Waals surface area contributed by atoms with E-state index in [1.165, 1.54) is 66.1 Å². The number of halogens is 2. The molecule has 1 saturated carbocycles. The Hall–Kier alpha value is -0.0200. The molecular formula is C18H26Br2O. The number of rotatable bonds is 5. The minimum atomic E-state index is 0.380. The summed E-state index contributed by atoms with van der Waals surface area (Å²) in [5, 5.41) is 0. The molecule has 0 radical (unpaired) electrons. The van der Waals surface area contributed by atoms with Crippen molar-refractivity contribution in [3.63, 3.8) is 0 Å². The van der Waals surface area contributed by atoms with E-state index in [1.54, 1.807) is 7.11 Å². The topological polar surface area (TPSA) is 9.23 Å². The molecule has 1 atom stereocenters. The highest BCUT2D eigenvalue weighted by Crippen LogP contribution is 2.43. The van der Waals surface area contributed by atoms with Crippen molar-refractivity contribution >= 4 is 31.9 Å². The third kappa shape index (κ3) is 4.25. The molecule has 1 aliphatic rings. The molecule has 21 heavy (non-hydrogen) atoms. The first-order valence-electron chi connectivity index (χ1n) is 8.02. The van der Waals surface area contributed by atoms with Crippen LogP contribution in [0.5, 0.6) is 5.75 Å². The van der Waals surface area contributed by atoms with Crippen LogP contribution < -0.4 is 4.74 Å². The van der Waals surface area contributed by atoms with Gasteiger partial charge in [-0.15, -0.1) is 0 Å². The Balaban J connectivity index is 2.12. The SMILES string of the molecule is COc1c(C)cc(Br)c(C)c1C(Br)CCC1CCCCC1. The fraction of sp³-hybridized carbons (Fsp3) is 0.667. The Morgan fingerprint density at radius 3 is 2.52 bits per heavy atom. The lowest BCUT2D eigenvalue weighted by Crippen LogP contribution is -2.08. The molecule has 0 saturated heterocycles. The number of benzene rings is 1. The second kappa shape index (κ2) is 8.01. The van der Waals surface area contributed by atoms with Crippen molar-refractivity contribution in [2.24, 2.45) is 5.92 Å². The summed E-state index contributed by atoms with van der Waals surface area (Å²) in [7, 11) is 1.78. The minimum absolute atomic E-state index is 0.380. The number of alkyl halides is 1. The molecule has 0 bridgehead atoms. The summed E-state index contributed by atoms with van der Waals surface area (Å²) in [5.74, 6) is 1.97. The van der Waals surface area contributed by atoms with Crippen LogP contribution in [0.4, 0.5) is 0 Å². The van der Waals surface area contributed by atoms with Gasteiger partial charge in [0.2, 0.25) is 0 Å². The van der Waals surface area contributed by atoms with E-state index in [4.69, 9.17) is 4.74 Å². The summed E-state index contributed by atoms with van der Waals surface area (Å²) in [5.41, 5.74) is 3.82. The van der Waals surface area contributed by atoms with E-state index >= 15 is 0 Å². The van der Waals surface area contributed by atoms with E-state index in [0.717, 1.165) is 11.7 Å². The van der Waals surface area contributed by atoms with Crippen molar-refractivity contribution in [1.82, 2.24) is 0 Å². The molecule has 118 valence electrons. The molecule has 0 amide bonds. The molecule has 1 aromatic rings. The first kappa shape index (κ1) is 17.3. The summed E-state index contributed by atoms with van der Waals surface area (Å²) in [6, 6.07) is 2.15. The fourth-order valence-corrected chi connectivity index (χ4v) is 4.90. The fourth-order valence-electron chi connectivity index (χ4n) is 3.53. The summed E-state index contributed by atoms with van der Waals surface area (Å²) in [6.07, 6.45) is 9.65. The highest BCUT2D eigenvalue weighted by molar-refractivity contribution is 9.10. The van der Waals surface area contributed by atoms with Crippen LogP contribution >= 0.6 is 31.9 Å². The largest absolute Gasteiger partial charge is 0.496 e. The molecule has 0 N–H and O–H groups in total. The molecule has 1 unspecified atom stereocenters. The van der Waals surface area contributed by atoms with E-state index in [1.807, 2.05) is 0 Å². The summed E-state index contributed by atoms with van der Waals surface area (Å²) >= 11 is 7.60. The third-order valence-electron chi connectivity index (χ3n) is 4.78. The molecule has 0 heterocycles. The Bertz CT molecular complexity index is 479. The molecule has 1 aromatic carbocycles. The van der Waals surface area contributed by atoms with E-state index < -0.39 is 0 Å². The predicted molar refractivity (Wildman–Crippen MR) is 97.6 cm³/mol. The number of hydrogen-bond donors (Lipinski definition) is 0. The number of hydrogen-bond acceptors (Lipinski definition) is 1. The van der Waals surface area contributed by atoms with Crippen LogP contribution in [0.1, 0.15) is 66.5 Å². The standard InChI is InChI=1S/C18H26Br2O/c1-12-11-16(20)13(2)17(18(12)21-3)15(19)10-9-14-7-5-4-6-8-14/h11,14-15H,4-10H2,1-3H3. The van der Waals surface area contributed by atoms with Gasteiger partial charge in [-0.25, -0.2) is 0 Å².